The summed E-state index contributed by atoms with van der Waals surface area (Å²) in [5.41, 5.74) is 3.53. The van der Waals surface area contributed by atoms with Gasteiger partial charge >= 0.3 is 0 Å². The number of benzene rings is 4. The zero-order valence-corrected chi connectivity index (χ0v) is 23.7. The van der Waals surface area contributed by atoms with E-state index in [1.165, 1.54) is 11.8 Å². The highest BCUT2D eigenvalue weighted by molar-refractivity contribution is 8.00. The van der Waals surface area contributed by atoms with E-state index in [-0.39, 0.29) is 17.4 Å². The lowest BCUT2D eigenvalue weighted by atomic mass is 10.1. The fraction of sp³-hybridized carbons (Fsp3) is 0.121. The Hall–Kier alpha value is -4.82. The second-order valence-corrected chi connectivity index (χ2v) is 10.1. The number of ether oxygens (including phenoxy) is 1. The summed E-state index contributed by atoms with van der Waals surface area (Å²) in [5, 5.41) is 8.49. The van der Waals surface area contributed by atoms with Crippen molar-refractivity contribution in [2.75, 3.05) is 23.0 Å². The highest BCUT2D eigenvalue weighted by Crippen LogP contribution is 2.23. The lowest BCUT2D eigenvalue weighted by Gasteiger charge is -2.13. The SMILES string of the molecule is CCOc1ccccc1/C=C(\NC(=O)c1ccccc1)C(=O)Nc1ccc(SCC(=O)Nc2cccc(C)c2)cc1. The molecule has 41 heavy (non-hydrogen) atoms. The van der Waals surface area contributed by atoms with Crippen molar-refractivity contribution in [1.29, 1.82) is 0 Å². The van der Waals surface area contributed by atoms with Gasteiger partial charge in [0.15, 0.2) is 0 Å². The molecule has 0 fully saturated rings. The summed E-state index contributed by atoms with van der Waals surface area (Å²) in [7, 11) is 0. The van der Waals surface area contributed by atoms with Gasteiger partial charge in [0.25, 0.3) is 11.8 Å². The van der Waals surface area contributed by atoms with Crippen LogP contribution in [0.1, 0.15) is 28.4 Å². The summed E-state index contributed by atoms with van der Waals surface area (Å²) in [6.07, 6.45) is 1.60. The van der Waals surface area contributed by atoms with Gasteiger partial charge < -0.3 is 20.7 Å². The molecule has 3 amide bonds. The summed E-state index contributed by atoms with van der Waals surface area (Å²) in [4.78, 5) is 39.5. The van der Waals surface area contributed by atoms with E-state index in [1.54, 1.807) is 48.5 Å². The number of amides is 3. The molecule has 4 aromatic rings. The number of carbonyl (C=O) groups excluding carboxylic acids is 3. The van der Waals surface area contributed by atoms with Crippen molar-refractivity contribution >= 4 is 46.9 Å². The molecule has 0 aliphatic rings. The number of hydrogen-bond donors (Lipinski definition) is 3. The number of anilines is 2. The van der Waals surface area contributed by atoms with Crippen molar-refractivity contribution in [3.63, 3.8) is 0 Å². The quantitative estimate of drug-likeness (QED) is 0.142. The Labute approximate surface area is 244 Å². The molecule has 8 heteroatoms. The molecule has 0 atom stereocenters. The van der Waals surface area contributed by atoms with Crippen molar-refractivity contribution in [2.45, 2.75) is 18.7 Å². The van der Waals surface area contributed by atoms with Gasteiger partial charge in [0.05, 0.1) is 12.4 Å². The minimum Gasteiger partial charge on any atom is -0.493 e. The number of para-hydroxylation sites is 1. The molecule has 0 unspecified atom stereocenters. The zero-order valence-electron chi connectivity index (χ0n) is 22.8. The Morgan fingerprint density at radius 2 is 1.54 bits per heavy atom. The van der Waals surface area contributed by atoms with Crippen LogP contribution in [0.4, 0.5) is 11.4 Å². The number of carbonyl (C=O) groups is 3. The predicted octanol–water partition coefficient (Wildman–Crippen LogP) is 6.53. The molecule has 0 aromatic heterocycles. The van der Waals surface area contributed by atoms with E-state index in [2.05, 4.69) is 16.0 Å². The first-order valence-corrected chi connectivity index (χ1v) is 14.1. The average molecular weight is 566 g/mol. The minimum absolute atomic E-state index is 0.0669. The molecule has 0 bridgehead atoms. The Morgan fingerprint density at radius 3 is 2.27 bits per heavy atom. The van der Waals surface area contributed by atoms with Crippen LogP contribution >= 0.6 is 11.8 Å². The lowest BCUT2D eigenvalue weighted by Crippen LogP contribution is -2.30. The van der Waals surface area contributed by atoms with E-state index >= 15 is 0 Å². The largest absolute Gasteiger partial charge is 0.493 e. The topological polar surface area (TPSA) is 96.5 Å². The fourth-order valence-corrected chi connectivity index (χ4v) is 4.58. The molecule has 208 valence electrons. The highest BCUT2D eigenvalue weighted by Gasteiger charge is 2.16. The number of thioether (sulfide) groups is 1. The first-order valence-electron chi connectivity index (χ1n) is 13.1. The third-order valence-corrected chi connectivity index (χ3v) is 6.84. The van der Waals surface area contributed by atoms with Crippen LogP contribution in [0.15, 0.2) is 114 Å². The van der Waals surface area contributed by atoms with Crippen LogP contribution < -0.4 is 20.7 Å². The van der Waals surface area contributed by atoms with Gasteiger partial charge in [-0.15, -0.1) is 11.8 Å². The second-order valence-electron chi connectivity index (χ2n) is 9.03. The van der Waals surface area contributed by atoms with E-state index in [1.807, 2.05) is 74.5 Å². The Morgan fingerprint density at radius 1 is 0.805 bits per heavy atom. The van der Waals surface area contributed by atoms with Crippen LogP contribution in [0, 0.1) is 6.92 Å². The van der Waals surface area contributed by atoms with Crippen LogP contribution in [-0.4, -0.2) is 30.1 Å². The van der Waals surface area contributed by atoms with Crippen LogP contribution in [0.5, 0.6) is 5.75 Å². The molecule has 0 aliphatic heterocycles. The second kappa shape index (κ2) is 14.5. The normalized spacial score (nSPS) is 10.9. The molecule has 0 saturated carbocycles. The molecule has 3 N–H and O–H groups in total. The Kier molecular flexibility index (Phi) is 10.3. The lowest BCUT2D eigenvalue weighted by molar-refractivity contribution is -0.114. The molecule has 7 nitrogen and oxygen atoms in total. The molecule has 0 spiro atoms. The van der Waals surface area contributed by atoms with E-state index in [0.29, 0.717) is 29.2 Å². The van der Waals surface area contributed by atoms with E-state index in [4.69, 9.17) is 4.74 Å². The van der Waals surface area contributed by atoms with Crippen molar-refractivity contribution in [1.82, 2.24) is 5.32 Å². The summed E-state index contributed by atoms with van der Waals surface area (Å²) < 4.78 is 5.70. The van der Waals surface area contributed by atoms with Crippen LogP contribution in [-0.2, 0) is 9.59 Å². The van der Waals surface area contributed by atoms with E-state index in [0.717, 1.165) is 16.1 Å². The minimum atomic E-state index is -0.487. The maximum absolute atomic E-state index is 13.4. The van der Waals surface area contributed by atoms with Gasteiger partial charge in [-0.25, -0.2) is 0 Å². The summed E-state index contributed by atoms with van der Waals surface area (Å²) in [6.45, 7) is 4.31. The van der Waals surface area contributed by atoms with E-state index < -0.39 is 11.8 Å². The molecule has 4 aromatic carbocycles. The Bertz CT molecular complexity index is 1540. The van der Waals surface area contributed by atoms with Crippen molar-refractivity contribution in [3.8, 4) is 5.75 Å². The first kappa shape index (κ1) is 29.2. The summed E-state index contributed by atoms with van der Waals surface area (Å²) in [5.74, 6) is -0.150. The standard InChI is InChI=1S/C33H31N3O4S/c1-3-40-30-15-8-7-13-25(30)21-29(36-32(38)24-11-5-4-6-12-24)33(39)35-26-16-18-28(19-17-26)41-22-31(37)34-27-14-9-10-23(2)20-27/h4-21H,3,22H2,1-2H3,(H,34,37)(H,35,39)(H,36,38)/b29-21-. The van der Waals surface area contributed by atoms with Crippen LogP contribution in [0.2, 0.25) is 0 Å². The van der Waals surface area contributed by atoms with Crippen molar-refractivity contribution < 1.29 is 19.1 Å². The molecule has 0 saturated heterocycles. The van der Waals surface area contributed by atoms with Gasteiger partial charge in [-0.05, 0) is 80.1 Å². The number of rotatable bonds is 11. The number of hydrogen-bond acceptors (Lipinski definition) is 5. The molecule has 0 radical (unpaired) electrons. The maximum Gasteiger partial charge on any atom is 0.272 e. The van der Waals surface area contributed by atoms with Crippen LogP contribution in [0.25, 0.3) is 6.08 Å². The van der Waals surface area contributed by atoms with Crippen LogP contribution in [0.3, 0.4) is 0 Å². The van der Waals surface area contributed by atoms with Gasteiger partial charge in [-0.3, -0.25) is 14.4 Å². The molecule has 4 rings (SSSR count). The van der Waals surface area contributed by atoms with Gasteiger partial charge in [0.2, 0.25) is 5.91 Å². The maximum atomic E-state index is 13.4. The Balaban J connectivity index is 1.44. The zero-order chi connectivity index (χ0) is 29.0. The highest BCUT2D eigenvalue weighted by atomic mass is 32.2. The van der Waals surface area contributed by atoms with Gasteiger partial charge in [-0.2, -0.15) is 0 Å². The summed E-state index contributed by atoms with van der Waals surface area (Å²) in [6, 6.07) is 30.8. The number of aryl methyl sites for hydroxylation is 1. The fourth-order valence-electron chi connectivity index (χ4n) is 3.89. The molecule has 0 heterocycles. The third-order valence-electron chi connectivity index (χ3n) is 5.83. The van der Waals surface area contributed by atoms with Gasteiger partial charge in [0.1, 0.15) is 11.4 Å². The van der Waals surface area contributed by atoms with Crippen molar-refractivity contribution in [2.24, 2.45) is 0 Å². The van der Waals surface area contributed by atoms with Gasteiger partial charge in [-0.1, -0.05) is 48.5 Å². The smallest absolute Gasteiger partial charge is 0.272 e. The van der Waals surface area contributed by atoms with Gasteiger partial charge in [0, 0.05) is 27.4 Å². The summed E-state index contributed by atoms with van der Waals surface area (Å²) >= 11 is 1.39. The predicted molar refractivity (Wildman–Crippen MR) is 165 cm³/mol. The van der Waals surface area contributed by atoms with E-state index in [9.17, 15) is 14.4 Å². The first-order chi connectivity index (χ1) is 19.9. The molecular weight excluding hydrogens is 534 g/mol. The monoisotopic (exact) mass is 565 g/mol. The van der Waals surface area contributed by atoms with Crippen molar-refractivity contribution in [3.05, 3.63) is 126 Å². The third kappa shape index (κ3) is 8.84. The molecule has 0 aliphatic carbocycles. The molecular formula is C33H31N3O4S. The number of nitrogens with one attached hydrogen (secondary N) is 3. The average Bonchev–Trinajstić information content (AvgIpc) is 2.98.